The van der Waals surface area contributed by atoms with E-state index in [9.17, 15) is 0 Å². The molecule has 22 heavy (non-hydrogen) atoms. The maximum absolute atomic E-state index is 5.84. The third kappa shape index (κ3) is 4.26. The summed E-state index contributed by atoms with van der Waals surface area (Å²) in [4.78, 5) is 0. The average Bonchev–Trinajstić information content (AvgIpc) is 2.61. The molecule has 0 aromatic heterocycles. The van der Waals surface area contributed by atoms with Crippen LogP contribution >= 0.6 is 13.4 Å². The van der Waals surface area contributed by atoms with Gasteiger partial charge in [-0.25, -0.2) is 0 Å². The van der Waals surface area contributed by atoms with E-state index >= 15 is 0 Å². The Balaban J connectivity index is 2.18. The number of benzene rings is 2. The Bertz CT molecular complexity index is 532. The molecule has 0 aliphatic heterocycles. The molecule has 0 fully saturated rings. The molecule has 2 aromatic rings. The van der Waals surface area contributed by atoms with Crippen molar-refractivity contribution in [1.82, 2.24) is 0 Å². The smallest absolute Gasteiger partial charge is 0.106 e. The van der Waals surface area contributed by atoms with Crippen LogP contribution in [-0.2, 0) is 33.5 Å². The fraction of sp³-hybridized carbons (Fsp3) is 0.250. The molecule has 0 aliphatic rings. The third-order valence-corrected chi connectivity index (χ3v) is 12.2. The fourth-order valence-electron chi connectivity index (χ4n) is 2.23. The van der Waals surface area contributed by atoms with Crippen LogP contribution < -0.4 is 10.6 Å². The minimum absolute atomic E-state index is 0.753. The van der Waals surface area contributed by atoms with Crippen molar-refractivity contribution in [2.75, 3.05) is 26.5 Å². The highest BCUT2D eigenvalue weighted by Gasteiger charge is 2.34. The molecule has 0 bridgehead atoms. The van der Waals surface area contributed by atoms with E-state index in [0.29, 0.717) is 0 Å². The van der Waals surface area contributed by atoms with Gasteiger partial charge in [0, 0.05) is 0 Å². The molecule has 0 saturated carbocycles. The number of hydrogen-bond donors (Lipinski definition) is 0. The van der Waals surface area contributed by atoms with E-state index in [-0.39, 0.29) is 0 Å². The van der Waals surface area contributed by atoms with Gasteiger partial charge in [-0.3, -0.25) is 9.05 Å². The lowest BCUT2D eigenvalue weighted by atomic mass is 10.4. The molecule has 0 saturated heterocycles. The molecule has 0 radical (unpaired) electrons. The SMILES string of the molecule is CO[P+]([S-])(CC[P+]([S-])(OC)c1ccccc1)c1ccccc1. The molecule has 0 heterocycles. The molecule has 0 amide bonds. The highest BCUT2D eigenvalue weighted by atomic mass is 32.7. The molecule has 0 aliphatic carbocycles. The van der Waals surface area contributed by atoms with Crippen LogP contribution in [0.3, 0.4) is 0 Å². The Morgan fingerprint density at radius 1 is 0.682 bits per heavy atom. The van der Waals surface area contributed by atoms with Crippen molar-refractivity contribution in [1.29, 1.82) is 0 Å². The minimum Gasteiger partial charge on any atom is -0.519 e. The van der Waals surface area contributed by atoms with Gasteiger partial charge in [0.1, 0.15) is 22.9 Å². The van der Waals surface area contributed by atoms with Crippen LogP contribution in [0.2, 0.25) is 0 Å². The van der Waals surface area contributed by atoms with Gasteiger partial charge >= 0.3 is 0 Å². The highest BCUT2D eigenvalue weighted by Crippen LogP contribution is 2.63. The summed E-state index contributed by atoms with van der Waals surface area (Å²) in [5.41, 5.74) is 0. The molecule has 2 atom stereocenters. The van der Waals surface area contributed by atoms with Gasteiger partial charge in [0.15, 0.2) is 0 Å². The van der Waals surface area contributed by atoms with Crippen molar-refractivity contribution in [3.8, 4) is 0 Å². The Kier molecular flexibility index (Phi) is 6.76. The maximum Gasteiger partial charge on any atom is 0.106 e. The van der Waals surface area contributed by atoms with E-state index < -0.39 is 13.4 Å². The zero-order valence-electron chi connectivity index (χ0n) is 12.7. The van der Waals surface area contributed by atoms with Crippen LogP contribution in [0, 0.1) is 0 Å². The van der Waals surface area contributed by atoms with Crippen molar-refractivity contribution in [2.45, 2.75) is 0 Å². The Morgan fingerprint density at radius 2 is 1.00 bits per heavy atom. The third-order valence-electron chi connectivity index (χ3n) is 3.58. The molecular formula is C16H20O2P2S2. The summed E-state index contributed by atoms with van der Waals surface area (Å²) in [7, 11) is 3.40. The fourth-order valence-corrected chi connectivity index (χ4v) is 9.09. The van der Waals surface area contributed by atoms with Crippen LogP contribution in [0.4, 0.5) is 0 Å². The summed E-state index contributed by atoms with van der Waals surface area (Å²) < 4.78 is 11.5. The van der Waals surface area contributed by atoms with E-state index in [4.69, 9.17) is 33.5 Å². The zero-order chi connectivity index (χ0) is 16.1. The van der Waals surface area contributed by atoms with Crippen LogP contribution in [0.1, 0.15) is 0 Å². The van der Waals surface area contributed by atoms with Crippen molar-refractivity contribution in [3.05, 3.63) is 60.7 Å². The minimum atomic E-state index is -2.07. The first-order valence-electron chi connectivity index (χ1n) is 6.95. The standard InChI is InChI=1S/C16H20O2P2S2/c1-17-19(21,15-9-5-3-6-10-15)13-14-20(22,18-2)16-11-7-4-8-12-16/h3-12H,13-14H2,1-2H3. The second kappa shape index (κ2) is 8.15. The number of rotatable bonds is 7. The second-order valence-corrected chi connectivity index (χ2v) is 13.7. The first kappa shape index (κ1) is 18.3. The van der Waals surface area contributed by atoms with Crippen LogP contribution in [0.5, 0.6) is 0 Å². The quantitative estimate of drug-likeness (QED) is 0.546. The van der Waals surface area contributed by atoms with Gasteiger partial charge in [-0.2, -0.15) is 0 Å². The molecule has 2 nitrogen and oxygen atoms in total. The second-order valence-electron chi connectivity index (χ2n) is 4.83. The van der Waals surface area contributed by atoms with Crippen LogP contribution in [-0.4, -0.2) is 26.5 Å². The van der Waals surface area contributed by atoms with Crippen molar-refractivity contribution < 1.29 is 9.05 Å². The maximum atomic E-state index is 5.84. The monoisotopic (exact) mass is 370 g/mol. The first-order chi connectivity index (χ1) is 10.5. The van der Waals surface area contributed by atoms with E-state index in [1.54, 1.807) is 14.2 Å². The largest absolute Gasteiger partial charge is 0.519 e. The molecule has 6 heteroatoms. The van der Waals surface area contributed by atoms with Gasteiger partial charge in [-0.15, -0.1) is 0 Å². The number of hydrogen-bond acceptors (Lipinski definition) is 4. The molecule has 0 spiro atoms. The average molecular weight is 370 g/mol. The molecule has 118 valence electrons. The summed E-state index contributed by atoms with van der Waals surface area (Å²) in [6.45, 7) is -4.14. The van der Waals surface area contributed by atoms with E-state index in [1.807, 2.05) is 60.7 Å². The lowest BCUT2D eigenvalue weighted by Gasteiger charge is -2.34. The summed E-state index contributed by atoms with van der Waals surface area (Å²) in [6.07, 6.45) is 1.51. The zero-order valence-corrected chi connectivity index (χ0v) is 16.1. The molecule has 2 rings (SSSR count). The Labute approximate surface area is 144 Å². The van der Waals surface area contributed by atoms with Gasteiger partial charge in [-0.05, 0) is 24.3 Å². The summed E-state index contributed by atoms with van der Waals surface area (Å²) >= 11 is 11.7. The van der Waals surface area contributed by atoms with Crippen LogP contribution in [0.15, 0.2) is 60.7 Å². The van der Waals surface area contributed by atoms with Crippen LogP contribution in [0.25, 0.3) is 0 Å². The summed E-state index contributed by atoms with van der Waals surface area (Å²) in [5, 5.41) is 2.19. The van der Waals surface area contributed by atoms with Gasteiger partial charge in [0.25, 0.3) is 0 Å². The van der Waals surface area contributed by atoms with Gasteiger partial charge in [0.2, 0.25) is 0 Å². The lowest BCUT2D eigenvalue weighted by molar-refractivity contribution is 0.458. The molecule has 2 aromatic carbocycles. The molecule has 2 unspecified atom stereocenters. The van der Waals surface area contributed by atoms with Gasteiger partial charge in [0.05, 0.1) is 27.6 Å². The van der Waals surface area contributed by atoms with E-state index in [1.165, 1.54) is 0 Å². The first-order valence-corrected chi connectivity index (χ1v) is 12.8. The predicted octanol–water partition coefficient (Wildman–Crippen LogP) is 3.72. The Morgan fingerprint density at radius 3 is 1.27 bits per heavy atom. The summed E-state index contributed by atoms with van der Waals surface area (Å²) in [6, 6.07) is 20.2. The van der Waals surface area contributed by atoms with Gasteiger partial charge in [-0.1, -0.05) is 36.4 Å². The van der Waals surface area contributed by atoms with Crippen molar-refractivity contribution in [3.63, 3.8) is 0 Å². The topological polar surface area (TPSA) is 18.5 Å². The van der Waals surface area contributed by atoms with Gasteiger partial charge < -0.3 is 24.5 Å². The molecular weight excluding hydrogens is 350 g/mol. The van der Waals surface area contributed by atoms with Crippen molar-refractivity contribution in [2.24, 2.45) is 0 Å². The van der Waals surface area contributed by atoms with E-state index in [2.05, 4.69) is 0 Å². The highest BCUT2D eigenvalue weighted by molar-refractivity contribution is 8.45. The lowest BCUT2D eigenvalue weighted by Crippen LogP contribution is -2.21. The Hall–Kier alpha value is -0.0800. The molecule has 0 N–H and O–H groups in total. The predicted molar refractivity (Wildman–Crippen MR) is 104 cm³/mol. The normalized spacial score (nSPS) is 16.7. The summed E-state index contributed by atoms with van der Waals surface area (Å²) in [5.74, 6) is 0. The van der Waals surface area contributed by atoms with Crippen molar-refractivity contribution >= 4 is 48.5 Å². The van der Waals surface area contributed by atoms with E-state index in [0.717, 1.165) is 22.9 Å².